The molecule has 1 aliphatic heterocycles. The smallest absolute Gasteiger partial charge is 0.271 e. The zero-order chi connectivity index (χ0) is 15.6. The zero-order valence-corrected chi connectivity index (χ0v) is 13.1. The molecule has 0 fully saturated rings. The fourth-order valence-electron chi connectivity index (χ4n) is 2.60. The SMILES string of the molecule is CC(C)NC(=O)c1ncn2c1CCC(C(=O)NC(C)C)C2. The van der Waals surface area contributed by atoms with Gasteiger partial charge in [0.2, 0.25) is 5.91 Å². The van der Waals surface area contributed by atoms with Crippen molar-refractivity contribution in [2.45, 2.75) is 59.2 Å². The van der Waals surface area contributed by atoms with E-state index in [1.54, 1.807) is 6.33 Å². The number of carbonyl (C=O) groups excluding carboxylic acids is 2. The van der Waals surface area contributed by atoms with Crippen molar-refractivity contribution in [2.24, 2.45) is 5.92 Å². The van der Waals surface area contributed by atoms with Gasteiger partial charge in [0.05, 0.1) is 17.9 Å². The standard InChI is InChI=1S/C15H24N4O2/c1-9(2)17-14(20)11-5-6-12-13(15(21)18-10(3)4)16-8-19(12)7-11/h8-11H,5-7H2,1-4H3,(H,17,20)(H,18,21). The minimum atomic E-state index is -0.135. The molecule has 2 N–H and O–H groups in total. The molecule has 2 amide bonds. The number of carbonyl (C=O) groups is 2. The molecule has 0 bridgehead atoms. The van der Waals surface area contributed by atoms with Crippen LogP contribution in [0.5, 0.6) is 0 Å². The predicted octanol–water partition coefficient (Wildman–Crippen LogP) is 1.11. The number of nitrogens with one attached hydrogen (secondary N) is 2. The summed E-state index contributed by atoms with van der Waals surface area (Å²) < 4.78 is 1.93. The topological polar surface area (TPSA) is 76.0 Å². The van der Waals surface area contributed by atoms with Crippen LogP contribution in [0.25, 0.3) is 0 Å². The van der Waals surface area contributed by atoms with Crippen molar-refractivity contribution in [3.63, 3.8) is 0 Å². The van der Waals surface area contributed by atoms with E-state index in [9.17, 15) is 9.59 Å². The van der Waals surface area contributed by atoms with E-state index >= 15 is 0 Å². The number of hydrogen-bond acceptors (Lipinski definition) is 3. The quantitative estimate of drug-likeness (QED) is 0.873. The van der Waals surface area contributed by atoms with E-state index in [0.29, 0.717) is 18.7 Å². The highest BCUT2D eigenvalue weighted by atomic mass is 16.2. The second-order valence-electron chi connectivity index (χ2n) is 6.22. The Labute approximate surface area is 125 Å². The second kappa shape index (κ2) is 6.28. The Morgan fingerprint density at radius 1 is 1.24 bits per heavy atom. The number of nitrogens with zero attached hydrogens (tertiary/aromatic N) is 2. The summed E-state index contributed by atoms with van der Waals surface area (Å²) in [6, 6.07) is 0.233. The van der Waals surface area contributed by atoms with Crippen molar-refractivity contribution in [3.8, 4) is 0 Å². The number of rotatable bonds is 4. The lowest BCUT2D eigenvalue weighted by Gasteiger charge is -2.24. The van der Waals surface area contributed by atoms with Crippen LogP contribution in [-0.2, 0) is 17.8 Å². The molecule has 0 radical (unpaired) electrons. The first-order chi connectivity index (χ1) is 9.88. The van der Waals surface area contributed by atoms with Crippen LogP contribution in [-0.4, -0.2) is 33.4 Å². The summed E-state index contributed by atoms with van der Waals surface area (Å²) in [6.45, 7) is 8.35. The lowest BCUT2D eigenvalue weighted by Crippen LogP contribution is -2.39. The summed E-state index contributed by atoms with van der Waals surface area (Å²) in [5.41, 5.74) is 1.42. The van der Waals surface area contributed by atoms with Crippen LogP contribution in [0.3, 0.4) is 0 Å². The average Bonchev–Trinajstić information content (AvgIpc) is 2.79. The molecule has 0 saturated heterocycles. The second-order valence-corrected chi connectivity index (χ2v) is 6.22. The van der Waals surface area contributed by atoms with Crippen molar-refractivity contribution in [1.82, 2.24) is 20.2 Å². The molecule has 6 nitrogen and oxygen atoms in total. The Balaban J connectivity index is 2.08. The van der Waals surface area contributed by atoms with Gasteiger partial charge < -0.3 is 15.2 Å². The summed E-state index contributed by atoms with van der Waals surface area (Å²) in [4.78, 5) is 28.4. The molecule has 0 spiro atoms. The van der Waals surface area contributed by atoms with Crippen LogP contribution in [0.15, 0.2) is 6.33 Å². The Morgan fingerprint density at radius 2 is 1.90 bits per heavy atom. The molecule has 1 atom stereocenters. The minimum absolute atomic E-state index is 0.0462. The Hall–Kier alpha value is -1.85. The van der Waals surface area contributed by atoms with Crippen LogP contribution >= 0.6 is 0 Å². The fraction of sp³-hybridized carbons (Fsp3) is 0.667. The molecule has 116 valence electrons. The van der Waals surface area contributed by atoms with Gasteiger partial charge in [-0.2, -0.15) is 0 Å². The van der Waals surface area contributed by atoms with Gasteiger partial charge in [0, 0.05) is 18.6 Å². The van der Waals surface area contributed by atoms with Crippen molar-refractivity contribution in [3.05, 3.63) is 17.7 Å². The Kier molecular flexibility index (Phi) is 4.65. The third kappa shape index (κ3) is 3.62. The first-order valence-corrected chi connectivity index (χ1v) is 7.53. The van der Waals surface area contributed by atoms with Gasteiger partial charge >= 0.3 is 0 Å². The first-order valence-electron chi connectivity index (χ1n) is 7.53. The van der Waals surface area contributed by atoms with Gasteiger partial charge in [-0.25, -0.2) is 4.98 Å². The summed E-state index contributed by atoms with van der Waals surface area (Å²) in [5, 5.41) is 5.81. The summed E-state index contributed by atoms with van der Waals surface area (Å²) in [6.07, 6.45) is 3.13. The first kappa shape index (κ1) is 15.5. The maximum atomic E-state index is 12.1. The molecule has 6 heteroatoms. The molecule has 1 aliphatic rings. The zero-order valence-electron chi connectivity index (χ0n) is 13.1. The van der Waals surface area contributed by atoms with Gasteiger partial charge in [0.15, 0.2) is 0 Å². The molecule has 2 rings (SSSR count). The molecular formula is C15H24N4O2. The molecule has 21 heavy (non-hydrogen) atoms. The van der Waals surface area contributed by atoms with Gasteiger partial charge in [-0.3, -0.25) is 9.59 Å². The van der Waals surface area contributed by atoms with E-state index in [0.717, 1.165) is 12.1 Å². The Bertz CT molecular complexity index is 534. The molecule has 0 aliphatic carbocycles. The Morgan fingerprint density at radius 3 is 2.52 bits per heavy atom. The van der Waals surface area contributed by atoms with E-state index in [2.05, 4.69) is 15.6 Å². The van der Waals surface area contributed by atoms with E-state index < -0.39 is 0 Å². The highest BCUT2D eigenvalue weighted by Gasteiger charge is 2.28. The lowest BCUT2D eigenvalue weighted by molar-refractivity contribution is -0.126. The number of fused-ring (bicyclic) bond motifs is 1. The van der Waals surface area contributed by atoms with Crippen LogP contribution in [0, 0.1) is 5.92 Å². The number of amides is 2. The van der Waals surface area contributed by atoms with Crippen LogP contribution < -0.4 is 10.6 Å². The summed E-state index contributed by atoms with van der Waals surface area (Å²) in [5.74, 6) is -0.100. The normalized spacial score (nSPS) is 17.7. The number of hydrogen-bond donors (Lipinski definition) is 2. The minimum Gasteiger partial charge on any atom is -0.354 e. The average molecular weight is 292 g/mol. The molecular weight excluding hydrogens is 268 g/mol. The highest BCUT2D eigenvalue weighted by molar-refractivity contribution is 5.93. The van der Waals surface area contributed by atoms with E-state index in [1.807, 2.05) is 32.3 Å². The van der Waals surface area contributed by atoms with Crippen LogP contribution in [0.2, 0.25) is 0 Å². The van der Waals surface area contributed by atoms with Gasteiger partial charge in [-0.1, -0.05) is 0 Å². The fourth-order valence-corrected chi connectivity index (χ4v) is 2.60. The highest BCUT2D eigenvalue weighted by Crippen LogP contribution is 2.22. The monoisotopic (exact) mass is 292 g/mol. The lowest BCUT2D eigenvalue weighted by atomic mass is 9.96. The van der Waals surface area contributed by atoms with Crippen LogP contribution in [0.4, 0.5) is 0 Å². The maximum Gasteiger partial charge on any atom is 0.271 e. The van der Waals surface area contributed by atoms with E-state index in [4.69, 9.17) is 0 Å². The molecule has 2 heterocycles. The molecule has 1 aromatic heterocycles. The molecule has 0 aromatic carbocycles. The van der Waals surface area contributed by atoms with Gasteiger partial charge in [-0.15, -0.1) is 0 Å². The van der Waals surface area contributed by atoms with Crippen molar-refractivity contribution in [2.75, 3.05) is 0 Å². The predicted molar refractivity (Wildman–Crippen MR) is 79.9 cm³/mol. The molecule has 1 aromatic rings. The molecule has 0 saturated carbocycles. The van der Waals surface area contributed by atoms with Crippen molar-refractivity contribution in [1.29, 1.82) is 0 Å². The third-order valence-electron chi connectivity index (χ3n) is 3.53. The van der Waals surface area contributed by atoms with Crippen molar-refractivity contribution < 1.29 is 9.59 Å². The van der Waals surface area contributed by atoms with Gasteiger partial charge in [-0.05, 0) is 40.5 Å². The summed E-state index contributed by atoms with van der Waals surface area (Å²) >= 11 is 0. The molecule has 1 unspecified atom stereocenters. The summed E-state index contributed by atoms with van der Waals surface area (Å²) in [7, 11) is 0. The van der Waals surface area contributed by atoms with Gasteiger partial charge in [0.1, 0.15) is 5.69 Å². The van der Waals surface area contributed by atoms with Gasteiger partial charge in [0.25, 0.3) is 5.91 Å². The van der Waals surface area contributed by atoms with Crippen molar-refractivity contribution >= 4 is 11.8 Å². The largest absolute Gasteiger partial charge is 0.354 e. The van der Waals surface area contributed by atoms with Crippen LogP contribution in [0.1, 0.15) is 50.3 Å². The van der Waals surface area contributed by atoms with E-state index in [-0.39, 0.29) is 29.8 Å². The number of aromatic nitrogens is 2. The maximum absolute atomic E-state index is 12.1. The third-order valence-corrected chi connectivity index (χ3v) is 3.53. The number of imidazole rings is 1. The van der Waals surface area contributed by atoms with E-state index in [1.165, 1.54) is 0 Å².